The van der Waals surface area contributed by atoms with Crippen LogP contribution in [-0.2, 0) is 12.8 Å². The van der Waals surface area contributed by atoms with Crippen molar-refractivity contribution in [3.63, 3.8) is 0 Å². The van der Waals surface area contributed by atoms with Gasteiger partial charge in [0.2, 0.25) is 0 Å². The Bertz CT molecular complexity index is 530. The molecule has 0 aliphatic carbocycles. The van der Waals surface area contributed by atoms with Gasteiger partial charge in [-0.15, -0.1) is 0 Å². The summed E-state index contributed by atoms with van der Waals surface area (Å²) in [6.45, 7) is 2.41. The van der Waals surface area contributed by atoms with Crippen molar-refractivity contribution < 1.29 is 8.81 Å². The Morgan fingerprint density at radius 1 is 1.39 bits per heavy atom. The van der Waals surface area contributed by atoms with Crippen molar-refractivity contribution in [1.29, 1.82) is 0 Å². The smallest absolute Gasteiger partial charge is 0.186 e. The number of hydrogen-bond donors (Lipinski definition) is 1. The normalized spacial score (nSPS) is 10.6. The lowest BCUT2D eigenvalue weighted by Crippen LogP contribution is -2.09. The number of rotatable bonds is 5. The Labute approximate surface area is 113 Å². The summed E-state index contributed by atoms with van der Waals surface area (Å²) in [7, 11) is 0. The molecule has 6 heteroatoms. The lowest BCUT2D eigenvalue weighted by molar-refractivity contribution is 0.490. The van der Waals surface area contributed by atoms with E-state index in [4.69, 9.17) is 4.42 Å². The van der Waals surface area contributed by atoms with E-state index in [0.717, 1.165) is 5.76 Å². The first-order valence-corrected chi connectivity index (χ1v) is 6.47. The first-order valence-electron chi connectivity index (χ1n) is 5.68. The van der Waals surface area contributed by atoms with Gasteiger partial charge in [0.05, 0.1) is 5.69 Å². The summed E-state index contributed by atoms with van der Waals surface area (Å²) >= 11 is 3.23. The Morgan fingerprint density at radius 3 is 2.89 bits per heavy atom. The zero-order valence-corrected chi connectivity index (χ0v) is 11.5. The second kappa shape index (κ2) is 5.95. The average molecular weight is 314 g/mol. The van der Waals surface area contributed by atoms with Crippen LogP contribution in [0.1, 0.15) is 18.4 Å². The van der Waals surface area contributed by atoms with E-state index in [0.29, 0.717) is 29.7 Å². The molecule has 0 spiro atoms. The first-order chi connectivity index (χ1) is 8.70. The van der Waals surface area contributed by atoms with Gasteiger partial charge in [0, 0.05) is 13.0 Å². The number of furan rings is 1. The van der Waals surface area contributed by atoms with Crippen LogP contribution in [0.3, 0.4) is 0 Å². The average Bonchev–Trinajstić information content (AvgIpc) is 2.77. The van der Waals surface area contributed by atoms with E-state index in [2.05, 4.69) is 31.2 Å². The molecule has 18 heavy (non-hydrogen) atoms. The minimum atomic E-state index is -0.374. The fourth-order valence-corrected chi connectivity index (χ4v) is 1.91. The predicted octanol–water partition coefficient (Wildman–Crippen LogP) is 3.19. The number of anilines is 1. The molecule has 2 heterocycles. The third-order valence-corrected chi connectivity index (χ3v) is 2.92. The van der Waals surface area contributed by atoms with Gasteiger partial charge in [-0.3, -0.25) is 0 Å². The van der Waals surface area contributed by atoms with Crippen molar-refractivity contribution in [3.8, 4) is 0 Å². The number of hydrogen-bond acceptors (Lipinski definition) is 4. The molecule has 2 aromatic rings. The molecule has 0 fully saturated rings. The van der Waals surface area contributed by atoms with Gasteiger partial charge >= 0.3 is 0 Å². The van der Waals surface area contributed by atoms with Gasteiger partial charge in [0.1, 0.15) is 12.1 Å². The van der Waals surface area contributed by atoms with Crippen LogP contribution in [0.5, 0.6) is 0 Å². The molecule has 4 nitrogen and oxygen atoms in total. The molecule has 0 aliphatic rings. The van der Waals surface area contributed by atoms with Crippen molar-refractivity contribution in [2.75, 3.05) is 11.9 Å². The molecule has 0 saturated heterocycles. The maximum Gasteiger partial charge on any atom is 0.186 e. The molecule has 0 amide bonds. The van der Waals surface area contributed by atoms with Crippen molar-refractivity contribution in [2.45, 2.75) is 19.8 Å². The van der Waals surface area contributed by atoms with Crippen molar-refractivity contribution in [3.05, 3.63) is 40.4 Å². The second-order valence-corrected chi connectivity index (χ2v) is 4.50. The van der Waals surface area contributed by atoms with E-state index in [1.165, 1.54) is 6.33 Å². The molecule has 0 aromatic carbocycles. The molecule has 0 saturated carbocycles. The number of aromatic nitrogens is 2. The van der Waals surface area contributed by atoms with Crippen LogP contribution in [0.15, 0.2) is 27.5 Å². The van der Waals surface area contributed by atoms with E-state index in [-0.39, 0.29) is 11.6 Å². The molecule has 0 unspecified atom stereocenters. The summed E-state index contributed by atoms with van der Waals surface area (Å²) in [6, 6.07) is 3.70. The van der Waals surface area contributed by atoms with Gasteiger partial charge in [-0.05, 0) is 34.5 Å². The molecular weight excluding hydrogens is 301 g/mol. The zero-order valence-electron chi connectivity index (χ0n) is 9.91. The molecule has 0 aliphatic heterocycles. The highest BCUT2D eigenvalue weighted by Crippen LogP contribution is 2.16. The number of nitrogens with zero attached hydrogens (tertiary/aromatic N) is 2. The molecule has 2 rings (SSSR count). The van der Waals surface area contributed by atoms with Crippen LogP contribution in [0.4, 0.5) is 10.2 Å². The molecule has 0 radical (unpaired) electrons. The SMILES string of the molecule is CCc1ncnc(NCCc2ccc(Br)o2)c1F. The maximum atomic E-state index is 13.8. The van der Waals surface area contributed by atoms with Crippen LogP contribution in [0.2, 0.25) is 0 Å². The van der Waals surface area contributed by atoms with Gasteiger partial charge in [-0.2, -0.15) is 0 Å². The monoisotopic (exact) mass is 313 g/mol. The lowest BCUT2D eigenvalue weighted by Gasteiger charge is -2.07. The van der Waals surface area contributed by atoms with Gasteiger partial charge in [-0.25, -0.2) is 14.4 Å². The standard InChI is InChI=1S/C12H13BrFN3O/c1-2-9-11(14)12(17-7-16-9)15-6-5-8-3-4-10(13)18-8/h3-4,7H,2,5-6H2,1H3,(H,15,16,17). The number of halogens is 2. The fourth-order valence-electron chi connectivity index (χ4n) is 1.57. The summed E-state index contributed by atoms with van der Waals surface area (Å²) in [5.41, 5.74) is 0.424. The van der Waals surface area contributed by atoms with Crippen LogP contribution in [0, 0.1) is 5.82 Å². The highest BCUT2D eigenvalue weighted by atomic mass is 79.9. The Hall–Kier alpha value is -1.43. The number of aryl methyl sites for hydroxylation is 1. The van der Waals surface area contributed by atoms with Crippen LogP contribution in [0.25, 0.3) is 0 Å². The van der Waals surface area contributed by atoms with E-state index < -0.39 is 0 Å². The highest BCUT2D eigenvalue weighted by molar-refractivity contribution is 9.10. The molecule has 0 atom stereocenters. The third-order valence-electron chi connectivity index (χ3n) is 2.49. The topological polar surface area (TPSA) is 51.0 Å². The summed E-state index contributed by atoms with van der Waals surface area (Å²) in [5.74, 6) is 0.702. The van der Waals surface area contributed by atoms with Crippen LogP contribution < -0.4 is 5.32 Å². The maximum absolute atomic E-state index is 13.8. The highest BCUT2D eigenvalue weighted by Gasteiger charge is 2.09. The van der Waals surface area contributed by atoms with E-state index in [9.17, 15) is 4.39 Å². The zero-order chi connectivity index (χ0) is 13.0. The Morgan fingerprint density at radius 2 is 2.22 bits per heavy atom. The van der Waals surface area contributed by atoms with Crippen LogP contribution in [-0.4, -0.2) is 16.5 Å². The summed E-state index contributed by atoms with van der Waals surface area (Å²) < 4.78 is 19.8. The molecule has 1 N–H and O–H groups in total. The quantitative estimate of drug-likeness (QED) is 0.921. The van der Waals surface area contributed by atoms with Gasteiger partial charge < -0.3 is 9.73 Å². The van der Waals surface area contributed by atoms with Gasteiger partial charge in [-0.1, -0.05) is 6.92 Å². The molecular formula is C12H13BrFN3O. The van der Waals surface area contributed by atoms with Gasteiger partial charge in [0.25, 0.3) is 0 Å². The van der Waals surface area contributed by atoms with E-state index >= 15 is 0 Å². The van der Waals surface area contributed by atoms with E-state index in [1.807, 2.05) is 19.1 Å². The molecule has 96 valence electrons. The minimum Gasteiger partial charge on any atom is -0.454 e. The predicted molar refractivity (Wildman–Crippen MR) is 70.0 cm³/mol. The van der Waals surface area contributed by atoms with Crippen molar-refractivity contribution in [2.24, 2.45) is 0 Å². The Kier molecular flexibility index (Phi) is 4.30. The van der Waals surface area contributed by atoms with Crippen molar-refractivity contribution >= 4 is 21.7 Å². The summed E-state index contributed by atoms with van der Waals surface area (Å²) in [5, 5.41) is 2.94. The summed E-state index contributed by atoms with van der Waals surface area (Å²) in [4.78, 5) is 7.76. The van der Waals surface area contributed by atoms with Gasteiger partial charge in [0.15, 0.2) is 16.3 Å². The van der Waals surface area contributed by atoms with E-state index in [1.54, 1.807) is 0 Å². The largest absolute Gasteiger partial charge is 0.454 e. The summed E-state index contributed by atoms with van der Waals surface area (Å²) in [6.07, 6.45) is 2.58. The molecule has 2 aromatic heterocycles. The van der Waals surface area contributed by atoms with Crippen molar-refractivity contribution in [1.82, 2.24) is 9.97 Å². The Balaban J connectivity index is 1.94. The number of nitrogens with one attached hydrogen (secondary N) is 1. The first kappa shape index (κ1) is 13.0. The fraction of sp³-hybridized carbons (Fsp3) is 0.333. The second-order valence-electron chi connectivity index (χ2n) is 3.72. The minimum absolute atomic E-state index is 0.243. The third kappa shape index (κ3) is 3.07. The van der Waals surface area contributed by atoms with Crippen LogP contribution >= 0.6 is 15.9 Å². The lowest BCUT2D eigenvalue weighted by atomic mass is 10.3. The molecule has 0 bridgehead atoms.